The average molecular weight is 178 g/mol. The van der Waals surface area contributed by atoms with Crippen LogP contribution in [0.4, 0.5) is 0 Å². The lowest BCUT2D eigenvalue weighted by molar-refractivity contribution is 0.489. The Morgan fingerprint density at radius 2 is 1.30 bits per heavy atom. The van der Waals surface area contributed by atoms with Gasteiger partial charge in [-0.15, -0.1) is 0 Å². The molecule has 0 heterocycles. The Balaban J connectivity index is 3.73. The van der Waals surface area contributed by atoms with Crippen molar-refractivity contribution in [1.82, 2.24) is 0 Å². The van der Waals surface area contributed by atoms with Crippen LogP contribution in [0.1, 0.15) is 27.7 Å². The fraction of sp³-hybridized carbons (Fsp3) is 1.00. The largest absolute Gasteiger partial charge is 0.0973 e. The monoisotopic (exact) mass is 178 g/mol. The summed E-state index contributed by atoms with van der Waals surface area (Å²) in [6.07, 6.45) is 2.16. The van der Waals surface area contributed by atoms with Crippen LogP contribution in [0.3, 0.4) is 0 Å². The zero-order valence-electron chi connectivity index (χ0n) is 7.55. The summed E-state index contributed by atoms with van der Waals surface area (Å²) in [5.74, 6) is 1.61. The topological polar surface area (TPSA) is 0 Å². The number of rotatable bonds is 4. The second-order valence-corrected chi connectivity index (χ2v) is 5.86. The molecule has 0 spiro atoms. The summed E-state index contributed by atoms with van der Waals surface area (Å²) in [4.78, 5) is 0. The van der Waals surface area contributed by atoms with Crippen LogP contribution in [0.25, 0.3) is 0 Å². The summed E-state index contributed by atoms with van der Waals surface area (Å²) in [5, 5.41) is 0.815. The predicted molar refractivity (Wildman–Crippen MR) is 54.6 cm³/mol. The van der Waals surface area contributed by atoms with Gasteiger partial charge in [-0.1, -0.05) is 49.3 Å². The molecule has 0 bridgehead atoms. The normalized spacial score (nSPS) is 12.0. The fourth-order valence-electron chi connectivity index (χ4n) is 1.10. The van der Waals surface area contributed by atoms with E-state index in [0.717, 1.165) is 17.1 Å². The molecule has 0 nitrogen and oxygen atoms in total. The van der Waals surface area contributed by atoms with Crippen molar-refractivity contribution in [1.29, 1.82) is 0 Å². The standard InChI is InChI=1S/C8H18S2/c1-6(2)8(7(3)4)10-9-5/h6-8H,1-5H3. The van der Waals surface area contributed by atoms with Crippen LogP contribution in [0.2, 0.25) is 0 Å². The number of hydrogen-bond acceptors (Lipinski definition) is 2. The lowest BCUT2D eigenvalue weighted by Crippen LogP contribution is -2.16. The van der Waals surface area contributed by atoms with Gasteiger partial charge < -0.3 is 0 Å². The van der Waals surface area contributed by atoms with Gasteiger partial charge in [-0.05, 0) is 18.1 Å². The van der Waals surface area contributed by atoms with Gasteiger partial charge in [0.2, 0.25) is 0 Å². The highest BCUT2D eigenvalue weighted by Crippen LogP contribution is 2.33. The molecule has 62 valence electrons. The van der Waals surface area contributed by atoms with Gasteiger partial charge in [-0.25, -0.2) is 0 Å². The van der Waals surface area contributed by atoms with Crippen molar-refractivity contribution in [2.45, 2.75) is 32.9 Å². The highest BCUT2D eigenvalue weighted by molar-refractivity contribution is 8.76. The molecule has 0 N–H and O–H groups in total. The zero-order valence-corrected chi connectivity index (χ0v) is 9.18. The molecular formula is C8H18S2. The van der Waals surface area contributed by atoms with Crippen molar-refractivity contribution in [2.75, 3.05) is 6.26 Å². The molecule has 0 atom stereocenters. The Hall–Kier alpha value is 0.700. The summed E-state index contributed by atoms with van der Waals surface area (Å²) >= 11 is 0. The van der Waals surface area contributed by atoms with E-state index in [1.165, 1.54) is 0 Å². The van der Waals surface area contributed by atoms with Gasteiger partial charge in [-0.2, -0.15) is 0 Å². The maximum atomic E-state index is 2.30. The van der Waals surface area contributed by atoms with Gasteiger partial charge in [0.25, 0.3) is 0 Å². The van der Waals surface area contributed by atoms with E-state index in [1.54, 1.807) is 0 Å². The van der Waals surface area contributed by atoms with Crippen LogP contribution >= 0.6 is 21.6 Å². The van der Waals surface area contributed by atoms with Gasteiger partial charge in [0, 0.05) is 5.25 Å². The Morgan fingerprint density at radius 3 is 1.40 bits per heavy atom. The van der Waals surface area contributed by atoms with Crippen molar-refractivity contribution >= 4 is 21.6 Å². The van der Waals surface area contributed by atoms with E-state index in [2.05, 4.69) is 34.0 Å². The molecule has 0 aliphatic heterocycles. The first-order valence-corrected chi connectivity index (χ1v) is 6.41. The first kappa shape index (κ1) is 10.7. The minimum absolute atomic E-state index is 0.803. The second kappa shape index (κ2) is 5.36. The summed E-state index contributed by atoms with van der Waals surface area (Å²) in [6.45, 7) is 9.20. The minimum Gasteiger partial charge on any atom is -0.0973 e. The minimum atomic E-state index is 0.803. The van der Waals surface area contributed by atoms with Crippen LogP contribution in [0.15, 0.2) is 0 Å². The predicted octanol–water partition coefficient (Wildman–Crippen LogP) is 3.68. The van der Waals surface area contributed by atoms with Gasteiger partial charge >= 0.3 is 0 Å². The molecule has 0 saturated heterocycles. The van der Waals surface area contributed by atoms with Crippen molar-refractivity contribution in [3.63, 3.8) is 0 Å². The van der Waals surface area contributed by atoms with Gasteiger partial charge in [-0.3, -0.25) is 0 Å². The first-order valence-electron chi connectivity index (χ1n) is 3.79. The second-order valence-electron chi connectivity index (χ2n) is 3.22. The third kappa shape index (κ3) is 3.77. The van der Waals surface area contributed by atoms with Gasteiger partial charge in [0.15, 0.2) is 0 Å². The SMILES string of the molecule is CSSC(C(C)C)C(C)C. The van der Waals surface area contributed by atoms with E-state index < -0.39 is 0 Å². The average Bonchev–Trinajstić information content (AvgIpc) is 1.81. The Labute approximate surface area is 72.9 Å². The van der Waals surface area contributed by atoms with Crippen LogP contribution in [0, 0.1) is 11.8 Å². The van der Waals surface area contributed by atoms with E-state index in [4.69, 9.17) is 0 Å². The van der Waals surface area contributed by atoms with Crippen LogP contribution in [0.5, 0.6) is 0 Å². The molecule has 0 aromatic heterocycles. The van der Waals surface area contributed by atoms with Crippen LogP contribution in [-0.4, -0.2) is 11.5 Å². The van der Waals surface area contributed by atoms with Crippen LogP contribution < -0.4 is 0 Å². The maximum absolute atomic E-state index is 2.30. The Kier molecular flexibility index (Phi) is 5.74. The fourth-order valence-corrected chi connectivity index (χ4v) is 3.77. The smallest absolute Gasteiger partial charge is 0.0197 e. The quantitative estimate of drug-likeness (QED) is 0.602. The molecule has 0 radical (unpaired) electrons. The van der Waals surface area contributed by atoms with Gasteiger partial charge in [0.1, 0.15) is 0 Å². The van der Waals surface area contributed by atoms with Crippen molar-refractivity contribution in [2.24, 2.45) is 11.8 Å². The summed E-state index contributed by atoms with van der Waals surface area (Å²) in [7, 11) is 3.89. The highest BCUT2D eigenvalue weighted by Gasteiger charge is 2.16. The Bertz CT molecular complexity index is 71.3. The molecule has 0 saturated carbocycles. The van der Waals surface area contributed by atoms with Crippen molar-refractivity contribution < 1.29 is 0 Å². The summed E-state index contributed by atoms with van der Waals surface area (Å²) < 4.78 is 0. The third-order valence-corrected chi connectivity index (χ3v) is 4.27. The molecule has 0 aromatic carbocycles. The number of hydrogen-bond donors (Lipinski definition) is 0. The van der Waals surface area contributed by atoms with E-state index >= 15 is 0 Å². The molecule has 0 aliphatic rings. The van der Waals surface area contributed by atoms with E-state index in [-0.39, 0.29) is 0 Å². The molecule has 0 unspecified atom stereocenters. The summed E-state index contributed by atoms with van der Waals surface area (Å²) in [6, 6.07) is 0. The van der Waals surface area contributed by atoms with E-state index in [0.29, 0.717) is 0 Å². The van der Waals surface area contributed by atoms with E-state index in [9.17, 15) is 0 Å². The Morgan fingerprint density at radius 1 is 0.900 bits per heavy atom. The molecule has 0 amide bonds. The molecule has 10 heavy (non-hydrogen) atoms. The van der Waals surface area contributed by atoms with Crippen LogP contribution in [-0.2, 0) is 0 Å². The van der Waals surface area contributed by atoms with Crippen molar-refractivity contribution in [3.05, 3.63) is 0 Å². The first-order chi connectivity index (χ1) is 4.59. The molecule has 0 fully saturated rings. The summed E-state index contributed by atoms with van der Waals surface area (Å²) in [5.41, 5.74) is 0. The van der Waals surface area contributed by atoms with Crippen molar-refractivity contribution in [3.8, 4) is 0 Å². The molecular weight excluding hydrogens is 160 g/mol. The molecule has 2 heteroatoms. The highest BCUT2D eigenvalue weighted by atomic mass is 33.1. The molecule has 0 aliphatic carbocycles. The van der Waals surface area contributed by atoms with Gasteiger partial charge in [0.05, 0.1) is 0 Å². The molecule has 0 rings (SSSR count). The zero-order chi connectivity index (χ0) is 8.15. The lowest BCUT2D eigenvalue weighted by atomic mass is 10.0. The van der Waals surface area contributed by atoms with E-state index in [1.807, 2.05) is 21.6 Å². The third-order valence-electron chi connectivity index (χ3n) is 1.52. The maximum Gasteiger partial charge on any atom is 0.0197 e. The molecule has 0 aromatic rings. The lowest BCUT2D eigenvalue weighted by Gasteiger charge is -2.22.